The van der Waals surface area contributed by atoms with Gasteiger partial charge in [0.15, 0.2) is 5.69 Å². The van der Waals surface area contributed by atoms with Gasteiger partial charge in [-0.15, -0.1) is 0 Å². The number of aryl methyl sites for hydroxylation is 1. The fourth-order valence-corrected chi connectivity index (χ4v) is 4.45. The largest absolute Gasteiger partial charge is 0.354 e. The highest BCUT2D eigenvalue weighted by molar-refractivity contribution is 6.35. The van der Waals surface area contributed by atoms with Gasteiger partial charge in [-0.3, -0.25) is 14.6 Å². The Hall–Kier alpha value is -3.39. The number of nitrogens with one attached hydrogen (secondary N) is 2. The zero-order valence-electron chi connectivity index (χ0n) is 20.0. The summed E-state index contributed by atoms with van der Waals surface area (Å²) in [4.78, 5) is 29.2. The third kappa shape index (κ3) is 6.68. The number of benzene rings is 2. The Balaban J connectivity index is 1.46. The van der Waals surface area contributed by atoms with Gasteiger partial charge >= 0.3 is 0 Å². The van der Waals surface area contributed by atoms with Crippen molar-refractivity contribution in [2.24, 2.45) is 0 Å². The van der Waals surface area contributed by atoms with Gasteiger partial charge in [-0.05, 0) is 55.3 Å². The third-order valence-corrected chi connectivity index (χ3v) is 6.48. The first-order chi connectivity index (χ1) is 17.8. The Morgan fingerprint density at radius 3 is 2.38 bits per heavy atom. The molecule has 0 aliphatic rings. The van der Waals surface area contributed by atoms with Crippen molar-refractivity contribution in [1.29, 1.82) is 0 Å². The van der Waals surface area contributed by atoms with E-state index in [4.69, 9.17) is 34.8 Å². The fraction of sp³-hybridized carbons (Fsp3) is 0.185. The molecule has 0 saturated carbocycles. The summed E-state index contributed by atoms with van der Waals surface area (Å²) in [5.74, 6) is -0.456. The summed E-state index contributed by atoms with van der Waals surface area (Å²) in [5.41, 5.74) is 4.02. The molecule has 2 N–H and O–H groups in total. The third-order valence-electron chi connectivity index (χ3n) is 5.69. The zero-order chi connectivity index (χ0) is 26.4. The Morgan fingerprint density at radius 1 is 0.946 bits per heavy atom. The summed E-state index contributed by atoms with van der Waals surface area (Å²) in [6.45, 7) is 2.37. The van der Waals surface area contributed by atoms with Crippen LogP contribution in [0.15, 0.2) is 67.0 Å². The van der Waals surface area contributed by atoms with E-state index in [1.165, 1.54) is 0 Å². The molecule has 0 aliphatic heterocycles. The molecular formula is C27H24Cl3N5O2. The molecule has 10 heteroatoms. The van der Waals surface area contributed by atoms with E-state index >= 15 is 0 Å². The van der Waals surface area contributed by atoms with E-state index in [9.17, 15) is 9.59 Å². The maximum atomic E-state index is 13.1. The maximum absolute atomic E-state index is 13.1. The molecule has 0 radical (unpaired) electrons. The average Bonchev–Trinajstić information content (AvgIpc) is 3.23. The van der Waals surface area contributed by atoms with Crippen molar-refractivity contribution in [3.05, 3.63) is 98.9 Å². The highest BCUT2D eigenvalue weighted by Gasteiger charge is 2.23. The van der Waals surface area contributed by atoms with Crippen LogP contribution in [0.1, 0.15) is 28.0 Å². The molecule has 0 fully saturated rings. The zero-order valence-corrected chi connectivity index (χ0v) is 22.2. The Morgan fingerprint density at radius 2 is 1.68 bits per heavy atom. The Bertz CT molecular complexity index is 1410. The van der Waals surface area contributed by atoms with Crippen molar-refractivity contribution >= 4 is 46.6 Å². The highest BCUT2D eigenvalue weighted by atomic mass is 35.5. The van der Waals surface area contributed by atoms with Gasteiger partial charge in [-0.2, -0.15) is 5.10 Å². The predicted octanol–water partition coefficient (Wildman–Crippen LogP) is 5.68. The molecular weight excluding hydrogens is 533 g/mol. The van der Waals surface area contributed by atoms with E-state index in [0.717, 1.165) is 11.1 Å². The Labute approximate surface area is 229 Å². The minimum Gasteiger partial charge on any atom is -0.354 e. The minimum atomic E-state index is -0.360. The number of carbonyl (C=O) groups is 2. The number of hydrogen-bond donors (Lipinski definition) is 2. The van der Waals surface area contributed by atoms with E-state index in [0.29, 0.717) is 51.4 Å². The number of aromatic nitrogens is 3. The van der Waals surface area contributed by atoms with Gasteiger partial charge < -0.3 is 10.6 Å². The number of nitrogens with zero attached hydrogens (tertiary/aromatic N) is 3. The molecule has 2 heterocycles. The molecule has 0 unspecified atom stereocenters. The summed E-state index contributed by atoms with van der Waals surface area (Å²) in [7, 11) is 0. The van der Waals surface area contributed by atoms with Gasteiger partial charge in [0.25, 0.3) is 5.91 Å². The number of rotatable bonds is 9. The molecule has 0 saturated heterocycles. The lowest BCUT2D eigenvalue weighted by Crippen LogP contribution is -2.35. The van der Waals surface area contributed by atoms with E-state index < -0.39 is 0 Å². The van der Waals surface area contributed by atoms with Crippen LogP contribution in [-0.2, 0) is 11.2 Å². The number of halogens is 3. The topological polar surface area (TPSA) is 88.9 Å². The van der Waals surface area contributed by atoms with Gasteiger partial charge in [0, 0.05) is 53.1 Å². The summed E-state index contributed by atoms with van der Waals surface area (Å²) >= 11 is 18.6. The molecule has 7 nitrogen and oxygen atoms in total. The molecule has 37 heavy (non-hydrogen) atoms. The van der Waals surface area contributed by atoms with Crippen LogP contribution in [0.25, 0.3) is 16.9 Å². The normalized spacial score (nSPS) is 10.8. The smallest absolute Gasteiger partial charge is 0.272 e. The van der Waals surface area contributed by atoms with Gasteiger partial charge in [0.1, 0.15) is 0 Å². The van der Waals surface area contributed by atoms with E-state index in [1.807, 2.05) is 31.2 Å². The average molecular weight is 557 g/mol. The first-order valence-corrected chi connectivity index (χ1v) is 12.7. The van der Waals surface area contributed by atoms with Gasteiger partial charge in [0.05, 0.1) is 16.4 Å². The van der Waals surface area contributed by atoms with E-state index in [1.54, 1.807) is 47.4 Å². The van der Waals surface area contributed by atoms with Crippen LogP contribution in [0.3, 0.4) is 0 Å². The standard InChI is InChI=1S/C27H24Cl3N5O2/c1-17-25(27(37)33-14-13-32-24(36)11-4-18-3-2-12-31-16-18)34-35(23-10-9-21(29)15-22(23)30)26(17)19-5-7-20(28)8-6-19/h2-3,5-10,12,15-16H,4,11,13-14H2,1H3,(H,32,36)(H,33,37). The van der Waals surface area contributed by atoms with Crippen LogP contribution in [0.4, 0.5) is 0 Å². The molecule has 4 aromatic rings. The van der Waals surface area contributed by atoms with Gasteiger partial charge in [-0.25, -0.2) is 4.68 Å². The first kappa shape index (κ1) is 26.7. The molecule has 0 atom stereocenters. The summed E-state index contributed by atoms with van der Waals surface area (Å²) < 4.78 is 1.63. The molecule has 2 aromatic carbocycles. The van der Waals surface area contributed by atoms with Crippen LogP contribution >= 0.6 is 34.8 Å². The molecule has 0 bridgehead atoms. The number of carbonyl (C=O) groups excluding carboxylic acids is 2. The predicted molar refractivity (Wildman–Crippen MR) is 147 cm³/mol. The van der Waals surface area contributed by atoms with Crippen molar-refractivity contribution in [3.8, 4) is 16.9 Å². The van der Waals surface area contributed by atoms with E-state index in [2.05, 4.69) is 20.7 Å². The SMILES string of the molecule is Cc1c(C(=O)NCCNC(=O)CCc2cccnc2)nn(-c2ccc(Cl)cc2Cl)c1-c1ccc(Cl)cc1. The van der Waals surface area contributed by atoms with Crippen LogP contribution < -0.4 is 10.6 Å². The van der Waals surface area contributed by atoms with Crippen molar-refractivity contribution in [2.45, 2.75) is 19.8 Å². The lowest BCUT2D eigenvalue weighted by Gasteiger charge is -2.11. The van der Waals surface area contributed by atoms with E-state index in [-0.39, 0.29) is 24.1 Å². The minimum absolute atomic E-state index is 0.0963. The van der Waals surface area contributed by atoms with Crippen molar-refractivity contribution < 1.29 is 9.59 Å². The van der Waals surface area contributed by atoms with Gasteiger partial charge in [0.2, 0.25) is 5.91 Å². The maximum Gasteiger partial charge on any atom is 0.272 e. The highest BCUT2D eigenvalue weighted by Crippen LogP contribution is 2.33. The molecule has 4 rings (SSSR count). The summed E-state index contributed by atoms with van der Waals surface area (Å²) in [5, 5.41) is 11.7. The lowest BCUT2D eigenvalue weighted by atomic mass is 10.1. The second-order valence-corrected chi connectivity index (χ2v) is 9.58. The summed E-state index contributed by atoms with van der Waals surface area (Å²) in [6, 6.07) is 16.1. The summed E-state index contributed by atoms with van der Waals surface area (Å²) in [6.07, 6.45) is 4.38. The van der Waals surface area contributed by atoms with Crippen molar-refractivity contribution in [2.75, 3.05) is 13.1 Å². The molecule has 2 aromatic heterocycles. The van der Waals surface area contributed by atoms with Crippen LogP contribution in [-0.4, -0.2) is 39.7 Å². The van der Waals surface area contributed by atoms with Crippen molar-refractivity contribution in [1.82, 2.24) is 25.4 Å². The van der Waals surface area contributed by atoms with Crippen molar-refractivity contribution in [3.63, 3.8) is 0 Å². The molecule has 190 valence electrons. The molecule has 0 aliphatic carbocycles. The second kappa shape index (κ2) is 12.2. The second-order valence-electron chi connectivity index (χ2n) is 8.30. The number of pyridine rings is 1. The first-order valence-electron chi connectivity index (χ1n) is 11.6. The van der Waals surface area contributed by atoms with Crippen LogP contribution in [0.2, 0.25) is 15.1 Å². The lowest BCUT2D eigenvalue weighted by molar-refractivity contribution is -0.121. The van der Waals surface area contributed by atoms with Crippen LogP contribution in [0, 0.1) is 6.92 Å². The fourth-order valence-electron chi connectivity index (χ4n) is 3.84. The Kier molecular flexibility index (Phi) is 8.82. The number of amides is 2. The molecule has 2 amide bonds. The van der Waals surface area contributed by atoms with Gasteiger partial charge in [-0.1, -0.05) is 53.0 Å². The van der Waals surface area contributed by atoms with Crippen LogP contribution in [0.5, 0.6) is 0 Å². The number of hydrogen-bond acceptors (Lipinski definition) is 4. The monoisotopic (exact) mass is 555 g/mol. The molecule has 0 spiro atoms. The quantitative estimate of drug-likeness (QED) is 0.260.